The zero-order valence-electron chi connectivity index (χ0n) is 11.7. The first-order valence-corrected chi connectivity index (χ1v) is 6.39. The number of carboxylic acid groups (broad SMARTS) is 1. The first-order chi connectivity index (χ1) is 9.56. The number of carbonyl (C=O) groups is 2. The predicted octanol–water partition coefficient (Wildman–Crippen LogP) is 2.03. The summed E-state index contributed by atoms with van der Waals surface area (Å²) >= 11 is 0. The van der Waals surface area contributed by atoms with Gasteiger partial charge in [-0.05, 0) is 30.2 Å². The van der Waals surface area contributed by atoms with E-state index < -0.39 is 5.97 Å². The van der Waals surface area contributed by atoms with Crippen LogP contribution >= 0.6 is 0 Å². The smallest absolute Gasteiger partial charge is 0.323 e. The SMILES string of the molecule is CCCN(CC(=O)O)C(=O)/C=C/c1cccc(OC)c1. The lowest BCUT2D eigenvalue weighted by Crippen LogP contribution is -2.35. The molecule has 1 amide bonds. The molecule has 1 rings (SSSR count). The van der Waals surface area contributed by atoms with E-state index in [-0.39, 0.29) is 12.5 Å². The first kappa shape index (κ1) is 15.8. The zero-order valence-corrected chi connectivity index (χ0v) is 11.7. The fourth-order valence-electron chi connectivity index (χ4n) is 1.72. The van der Waals surface area contributed by atoms with E-state index in [9.17, 15) is 9.59 Å². The summed E-state index contributed by atoms with van der Waals surface area (Å²) in [6.07, 6.45) is 3.74. The van der Waals surface area contributed by atoms with Gasteiger partial charge in [-0.1, -0.05) is 19.1 Å². The van der Waals surface area contributed by atoms with Crippen LogP contribution in [0, 0.1) is 0 Å². The highest BCUT2D eigenvalue weighted by Crippen LogP contribution is 2.13. The minimum absolute atomic E-state index is 0.283. The van der Waals surface area contributed by atoms with Gasteiger partial charge in [-0.25, -0.2) is 0 Å². The van der Waals surface area contributed by atoms with Gasteiger partial charge >= 0.3 is 5.97 Å². The maximum atomic E-state index is 11.9. The topological polar surface area (TPSA) is 66.8 Å². The molecule has 108 valence electrons. The summed E-state index contributed by atoms with van der Waals surface area (Å²) in [5.74, 6) is -0.616. The van der Waals surface area contributed by atoms with Crippen LogP contribution in [0.25, 0.3) is 6.08 Å². The minimum atomic E-state index is -1.01. The van der Waals surface area contributed by atoms with E-state index in [1.807, 2.05) is 25.1 Å². The Labute approximate surface area is 118 Å². The summed E-state index contributed by atoms with van der Waals surface area (Å²) < 4.78 is 5.09. The lowest BCUT2D eigenvalue weighted by atomic mass is 10.2. The molecule has 0 fully saturated rings. The van der Waals surface area contributed by atoms with Crippen molar-refractivity contribution >= 4 is 18.0 Å². The summed E-state index contributed by atoms with van der Waals surface area (Å²) in [5.41, 5.74) is 0.824. The van der Waals surface area contributed by atoms with Crippen molar-refractivity contribution in [2.75, 3.05) is 20.2 Å². The number of methoxy groups -OCH3 is 1. The summed E-state index contributed by atoms with van der Waals surface area (Å²) in [4.78, 5) is 24.0. The Bertz CT molecular complexity index is 496. The number of carboxylic acids is 1. The molecule has 1 aromatic rings. The summed E-state index contributed by atoms with van der Waals surface area (Å²) in [6, 6.07) is 7.27. The van der Waals surface area contributed by atoms with E-state index in [1.54, 1.807) is 19.3 Å². The fraction of sp³-hybridized carbons (Fsp3) is 0.333. The van der Waals surface area contributed by atoms with Gasteiger partial charge in [0.1, 0.15) is 12.3 Å². The predicted molar refractivity (Wildman–Crippen MR) is 76.5 cm³/mol. The van der Waals surface area contributed by atoms with Gasteiger partial charge < -0.3 is 14.7 Å². The lowest BCUT2D eigenvalue weighted by Gasteiger charge is -2.17. The monoisotopic (exact) mass is 277 g/mol. The second-order valence-electron chi connectivity index (χ2n) is 4.26. The second kappa shape index (κ2) is 7.99. The molecular weight excluding hydrogens is 258 g/mol. The number of hydrogen-bond acceptors (Lipinski definition) is 3. The van der Waals surface area contributed by atoms with Crippen molar-refractivity contribution in [3.63, 3.8) is 0 Å². The largest absolute Gasteiger partial charge is 0.497 e. The number of ether oxygens (including phenoxy) is 1. The number of amides is 1. The van der Waals surface area contributed by atoms with Crippen LogP contribution in [-0.2, 0) is 9.59 Å². The van der Waals surface area contributed by atoms with Gasteiger partial charge in [0, 0.05) is 12.6 Å². The van der Waals surface area contributed by atoms with Crippen LogP contribution < -0.4 is 4.74 Å². The number of aliphatic carboxylic acids is 1. The van der Waals surface area contributed by atoms with Crippen molar-refractivity contribution < 1.29 is 19.4 Å². The van der Waals surface area contributed by atoms with E-state index in [4.69, 9.17) is 9.84 Å². The molecule has 0 atom stereocenters. The quantitative estimate of drug-likeness (QED) is 0.774. The molecule has 0 saturated carbocycles. The molecule has 0 heterocycles. The number of benzene rings is 1. The average molecular weight is 277 g/mol. The van der Waals surface area contributed by atoms with Crippen LogP contribution in [0.4, 0.5) is 0 Å². The van der Waals surface area contributed by atoms with Gasteiger partial charge in [0.25, 0.3) is 0 Å². The van der Waals surface area contributed by atoms with Crippen LogP contribution in [0.3, 0.4) is 0 Å². The van der Waals surface area contributed by atoms with Crippen molar-refractivity contribution in [3.8, 4) is 5.75 Å². The molecule has 5 nitrogen and oxygen atoms in total. The van der Waals surface area contributed by atoms with Gasteiger partial charge in [-0.3, -0.25) is 9.59 Å². The van der Waals surface area contributed by atoms with Crippen molar-refractivity contribution in [3.05, 3.63) is 35.9 Å². The Morgan fingerprint density at radius 2 is 2.15 bits per heavy atom. The molecule has 5 heteroatoms. The van der Waals surface area contributed by atoms with Gasteiger partial charge in [-0.15, -0.1) is 0 Å². The Morgan fingerprint density at radius 1 is 1.40 bits per heavy atom. The average Bonchev–Trinajstić information content (AvgIpc) is 2.44. The lowest BCUT2D eigenvalue weighted by molar-refractivity contribution is -0.142. The molecule has 0 radical (unpaired) electrons. The molecule has 0 aliphatic carbocycles. The molecule has 1 aromatic carbocycles. The number of nitrogens with zero attached hydrogens (tertiary/aromatic N) is 1. The zero-order chi connectivity index (χ0) is 15.0. The molecule has 0 aliphatic heterocycles. The number of rotatable bonds is 7. The molecular formula is C15H19NO4. The second-order valence-corrected chi connectivity index (χ2v) is 4.26. The van der Waals surface area contributed by atoms with E-state index in [0.29, 0.717) is 18.7 Å². The molecule has 0 aromatic heterocycles. The van der Waals surface area contributed by atoms with Crippen molar-refractivity contribution in [1.29, 1.82) is 0 Å². The van der Waals surface area contributed by atoms with E-state index in [2.05, 4.69) is 0 Å². The van der Waals surface area contributed by atoms with Crippen LogP contribution in [0.5, 0.6) is 5.75 Å². The van der Waals surface area contributed by atoms with Crippen LogP contribution in [0.2, 0.25) is 0 Å². The first-order valence-electron chi connectivity index (χ1n) is 6.39. The Hall–Kier alpha value is -2.30. The standard InChI is InChI=1S/C15H19NO4/c1-3-9-16(11-15(18)19)14(17)8-7-12-5-4-6-13(10-12)20-2/h4-8,10H,3,9,11H2,1-2H3,(H,18,19)/b8-7+. The van der Waals surface area contributed by atoms with Gasteiger partial charge in [-0.2, -0.15) is 0 Å². The Morgan fingerprint density at radius 3 is 2.75 bits per heavy atom. The normalized spacial score (nSPS) is 10.5. The minimum Gasteiger partial charge on any atom is -0.497 e. The van der Waals surface area contributed by atoms with Crippen LogP contribution in [-0.4, -0.2) is 42.1 Å². The highest BCUT2D eigenvalue weighted by atomic mass is 16.5. The number of hydrogen-bond donors (Lipinski definition) is 1. The van der Waals surface area contributed by atoms with Crippen molar-refractivity contribution in [1.82, 2.24) is 4.90 Å². The molecule has 1 N–H and O–H groups in total. The molecule has 0 spiro atoms. The van der Waals surface area contributed by atoms with E-state index >= 15 is 0 Å². The van der Waals surface area contributed by atoms with E-state index in [1.165, 1.54) is 11.0 Å². The van der Waals surface area contributed by atoms with Crippen LogP contribution in [0.15, 0.2) is 30.3 Å². The molecule has 0 bridgehead atoms. The molecule has 0 aliphatic rings. The summed E-state index contributed by atoms with van der Waals surface area (Å²) in [5, 5.41) is 8.78. The van der Waals surface area contributed by atoms with E-state index in [0.717, 1.165) is 5.56 Å². The summed E-state index contributed by atoms with van der Waals surface area (Å²) in [6.45, 7) is 2.04. The van der Waals surface area contributed by atoms with Crippen LogP contribution in [0.1, 0.15) is 18.9 Å². The maximum absolute atomic E-state index is 11.9. The fourth-order valence-corrected chi connectivity index (χ4v) is 1.72. The summed E-state index contributed by atoms with van der Waals surface area (Å²) in [7, 11) is 1.57. The van der Waals surface area contributed by atoms with Crippen molar-refractivity contribution in [2.45, 2.75) is 13.3 Å². The van der Waals surface area contributed by atoms with Gasteiger partial charge in [0.2, 0.25) is 5.91 Å². The number of carbonyl (C=O) groups excluding carboxylic acids is 1. The Kier molecular flexibility index (Phi) is 6.29. The molecule has 0 unspecified atom stereocenters. The Balaban J connectivity index is 2.75. The van der Waals surface area contributed by atoms with Gasteiger partial charge in [0.05, 0.1) is 7.11 Å². The third-order valence-corrected chi connectivity index (χ3v) is 2.64. The molecule has 0 saturated heterocycles. The van der Waals surface area contributed by atoms with Crippen molar-refractivity contribution in [2.24, 2.45) is 0 Å². The third kappa shape index (κ3) is 5.14. The third-order valence-electron chi connectivity index (χ3n) is 2.64. The highest BCUT2D eigenvalue weighted by molar-refractivity contribution is 5.93. The van der Waals surface area contributed by atoms with Gasteiger partial charge in [0.15, 0.2) is 0 Å². The maximum Gasteiger partial charge on any atom is 0.323 e. The molecule has 20 heavy (non-hydrogen) atoms. The highest BCUT2D eigenvalue weighted by Gasteiger charge is 2.12.